The summed E-state index contributed by atoms with van der Waals surface area (Å²) in [5, 5.41) is 0.668. The quantitative estimate of drug-likeness (QED) is 0.375. The van der Waals surface area contributed by atoms with Crippen LogP contribution in [-0.2, 0) is 0 Å². The smallest absolute Gasteiger partial charge is 0.00168 e. The van der Waals surface area contributed by atoms with Crippen molar-refractivity contribution in [2.75, 3.05) is 0 Å². The van der Waals surface area contributed by atoms with Crippen LogP contribution in [0.1, 0.15) is 78.1 Å². The van der Waals surface area contributed by atoms with Gasteiger partial charge >= 0.3 is 0 Å². The Labute approximate surface area is 96.3 Å². The lowest BCUT2D eigenvalue weighted by Gasteiger charge is -2.09. The molecule has 0 N–H and O–H groups in total. The molecule has 0 amide bonds. The van der Waals surface area contributed by atoms with Crippen molar-refractivity contribution in [1.29, 1.82) is 0 Å². The van der Waals surface area contributed by atoms with Crippen LogP contribution >= 0.6 is 12.6 Å². The Morgan fingerprint density at radius 1 is 0.714 bits per heavy atom. The molecule has 0 aliphatic rings. The SMILES string of the molecule is CCCCCCCCC(S)CCCC. The average molecular weight is 216 g/mol. The molecule has 0 aliphatic carbocycles. The van der Waals surface area contributed by atoms with Crippen LogP contribution in [0.4, 0.5) is 0 Å². The Morgan fingerprint density at radius 3 is 1.86 bits per heavy atom. The molecular formula is C13H28S. The van der Waals surface area contributed by atoms with Crippen LogP contribution in [0.25, 0.3) is 0 Å². The summed E-state index contributed by atoms with van der Waals surface area (Å²) in [5.74, 6) is 0. The lowest BCUT2D eigenvalue weighted by Crippen LogP contribution is -1.98. The van der Waals surface area contributed by atoms with Crippen molar-refractivity contribution < 1.29 is 0 Å². The van der Waals surface area contributed by atoms with Gasteiger partial charge in [-0.3, -0.25) is 0 Å². The molecule has 1 atom stereocenters. The van der Waals surface area contributed by atoms with Gasteiger partial charge in [0.05, 0.1) is 0 Å². The minimum atomic E-state index is 0.668. The van der Waals surface area contributed by atoms with Gasteiger partial charge in [-0.2, -0.15) is 12.6 Å². The van der Waals surface area contributed by atoms with Crippen molar-refractivity contribution in [3.05, 3.63) is 0 Å². The van der Waals surface area contributed by atoms with Crippen LogP contribution in [-0.4, -0.2) is 5.25 Å². The van der Waals surface area contributed by atoms with E-state index in [-0.39, 0.29) is 0 Å². The van der Waals surface area contributed by atoms with Crippen molar-refractivity contribution in [2.24, 2.45) is 0 Å². The molecule has 0 aromatic carbocycles. The normalized spacial score (nSPS) is 13.1. The predicted octanol–water partition coefficient (Wildman–Crippen LogP) is 5.23. The third kappa shape index (κ3) is 10.4. The Morgan fingerprint density at radius 2 is 1.21 bits per heavy atom. The number of thiol groups is 1. The van der Waals surface area contributed by atoms with E-state index >= 15 is 0 Å². The van der Waals surface area contributed by atoms with E-state index in [2.05, 4.69) is 26.5 Å². The summed E-state index contributed by atoms with van der Waals surface area (Å²) in [7, 11) is 0. The first-order valence-corrected chi connectivity index (χ1v) is 7.01. The highest BCUT2D eigenvalue weighted by Crippen LogP contribution is 2.15. The van der Waals surface area contributed by atoms with Crippen LogP contribution < -0.4 is 0 Å². The fraction of sp³-hybridized carbons (Fsp3) is 1.00. The molecule has 0 radical (unpaired) electrons. The number of hydrogen-bond donors (Lipinski definition) is 1. The van der Waals surface area contributed by atoms with E-state index in [0.29, 0.717) is 5.25 Å². The first-order chi connectivity index (χ1) is 6.81. The second-order valence-corrected chi connectivity index (χ2v) is 5.08. The molecule has 1 unspecified atom stereocenters. The second-order valence-electron chi connectivity index (χ2n) is 4.35. The van der Waals surface area contributed by atoms with Crippen molar-refractivity contribution in [2.45, 2.75) is 83.3 Å². The van der Waals surface area contributed by atoms with E-state index in [9.17, 15) is 0 Å². The van der Waals surface area contributed by atoms with E-state index in [1.807, 2.05) is 0 Å². The van der Waals surface area contributed by atoms with Crippen LogP contribution in [0.3, 0.4) is 0 Å². The van der Waals surface area contributed by atoms with Gasteiger partial charge in [0.15, 0.2) is 0 Å². The molecule has 0 saturated carbocycles. The maximum atomic E-state index is 4.61. The Kier molecular flexibility index (Phi) is 11.7. The van der Waals surface area contributed by atoms with E-state index < -0.39 is 0 Å². The summed E-state index contributed by atoms with van der Waals surface area (Å²) < 4.78 is 0. The number of rotatable bonds is 10. The maximum Gasteiger partial charge on any atom is 0.00168 e. The highest BCUT2D eigenvalue weighted by molar-refractivity contribution is 7.80. The fourth-order valence-electron chi connectivity index (χ4n) is 1.74. The standard InChI is InChI=1S/C13H28S/c1-3-5-7-8-9-10-12-13(14)11-6-4-2/h13-14H,3-12H2,1-2H3. The molecule has 86 valence electrons. The minimum Gasteiger partial charge on any atom is -0.176 e. The highest BCUT2D eigenvalue weighted by Gasteiger charge is 2.01. The summed E-state index contributed by atoms with van der Waals surface area (Å²) in [4.78, 5) is 0. The third-order valence-electron chi connectivity index (χ3n) is 2.78. The fourth-order valence-corrected chi connectivity index (χ4v) is 2.11. The van der Waals surface area contributed by atoms with Crippen molar-refractivity contribution >= 4 is 12.6 Å². The van der Waals surface area contributed by atoms with Crippen molar-refractivity contribution in [3.8, 4) is 0 Å². The monoisotopic (exact) mass is 216 g/mol. The molecule has 1 heteroatoms. The van der Waals surface area contributed by atoms with Crippen LogP contribution in [0, 0.1) is 0 Å². The number of unbranched alkanes of at least 4 members (excludes halogenated alkanes) is 6. The zero-order valence-corrected chi connectivity index (χ0v) is 11.0. The van der Waals surface area contributed by atoms with Gasteiger partial charge in [-0.15, -0.1) is 0 Å². The molecule has 0 fully saturated rings. The van der Waals surface area contributed by atoms with E-state index in [4.69, 9.17) is 0 Å². The summed E-state index contributed by atoms with van der Waals surface area (Å²) in [6, 6.07) is 0. The van der Waals surface area contributed by atoms with E-state index in [1.54, 1.807) is 0 Å². The lowest BCUT2D eigenvalue weighted by atomic mass is 10.1. The van der Waals surface area contributed by atoms with Gasteiger partial charge in [0.25, 0.3) is 0 Å². The third-order valence-corrected chi connectivity index (χ3v) is 3.30. The molecule has 0 nitrogen and oxygen atoms in total. The molecule has 0 aromatic rings. The van der Waals surface area contributed by atoms with Crippen LogP contribution in [0.2, 0.25) is 0 Å². The Balaban J connectivity index is 3.02. The zero-order valence-electron chi connectivity index (χ0n) is 10.1. The Hall–Kier alpha value is 0.350. The minimum absolute atomic E-state index is 0.668. The van der Waals surface area contributed by atoms with Gasteiger partial charge in [0, 0.05) is 5.25 Å². The van der Waals surface area contributed by atoms with Gasteiger partial charge in [0.1, 0.15) is 0 Å². The molecule has 0 spiro atoms. The highest BCUT2D eigenvalue weighted by atomic mass is 32.1. The molecule has 0 saturated heterocycles. The Bertz CT molecular complexity index is 101. The zero-order chi connectivity index (χ0) is 10.6. The molecular weight excluding hydrogens is 188 g/mol. The lowest BCUT2D eigenvalue weighted by molar-refractivity contribution is 0.563. The van der Waals surface area contributed by atoms with E-state index in [1.165, 1.54) is 64.2 Å². The predicted molar refractivity (Wildman–Crippen MR) is 70.3 cm³/mol. The second kappa shape index (κ2) is 11.4. The average Bonchev–Trinajstić information content (AvgIpc) is 2.20. The maximum absolute atomic E-state index is 4.61. The molecule has 14 heavy (non-hydrogen) atoms. The van der Waals surface area contributed by atoms with Crippen molar-refractivity contribution in [1.82, 2.24) is 0 Å². The topological polar surface area (TPSA) is 0 Å². The van der Waals surface area contributed by atoms with Gasteiger partial charge < -0.3 is 0 Å². The van der Waals surface area contributed by atoms with Crippen molar-refractivity contribution in [3.63, 3.8) is 0 Å². The van der Waals surface area contributed by atoms with E-state index in [0.717, 1.165) is 0 Å². The number of hydrogen-bond acceptors (Lipinski definition) is 1. The van der Waals surface area contributed by atoms with Gasteiger partial charge in [-0.05, 0) is 12.8 Å². The molecule has 0 heterocycles. The first kappa shape index (κ1) is 14.3. The molecule has 0 aliphatic heterocycles. The summed E-state index contributed by atoms with van der Waals surface area (Å²) in [6.45, 7) is 4.53. The molecule has 0 aromatic heterocycles. The van der Waals surface area contributed by atoms with Gasteiger partial charge in [0.2, 0.25) is 0 Å². The summed E-state index contributed by atoms with van der Waals surface area (Å²) in [5.41, 5.74) is 0. The summed E-state index contributed by atoms with van der Waals surface area (Å²) in [6.07, 6.45) is 13.8. The van der Waals surface area contributed by atoms with Crippen LogP contribution in [0.5, 0.6) is 0 Å². The summed E-state index contributed by atoms with van der Waals surface area (Å²) >= 11 is 4.61. The largest absolute Gasteiger partial charge is 0.176 e. The van der Waals surface area contributed by atoms with Crippen LogP contribution in [0.15, 0.2) is 0 Å². The first-order valence-electron chi connectivity index (χ1n) is 6.49. The van der Waals surface area contributed by atoms with Gasteiger partial charge in [-0.1, -0.05) is 65.2 Å². The molecule has 0 rings (SSSR count). The molecule has 0 bridgehead atoms. The van der Waals surface area contributed by atoms with Gasteiger partial charge in [-0.25, -0.2) is 0 Å².